The third kappa shape index (κ3) is 2.58. The third-order valence-corrected chi connectivity index (χ3v) is 5.33. The molecule has 0 saturated carbocycles. The Morgan fingerprint density at radius 3 is 2.29 bits per heavy atom. The Morgan fingerprint density at radius 2 is 1.76 bits per heavy atom. The number of thiophene rings is 2. The first-order chi connectivity index (χ1) is 10.1. The minimum atomic E-state index is 0.170. The lowest BCUT2D eigenvalue weighted by Crippen LogP contribution is -2.46. The van der Waals surface area contributed by atoms with Gasteiger partial charge in [-0.1, -0.05) is 0 Å². The average molecular weight is 317 g/mol. The van der Waals surface area contributed by atoms with Crippen LogP contribution in [0.25, 0.3) is 11.1 Å². The van der Waals surface area contributed by atoms with E-state index in [0.717, 1.165) is 17.6 Å². The van der Waals surface area contributed by atoms with Crippen molar-refractivity contribution in [2.45, 2.75) is 39.3 Å². The SMILES string of the molecule is CC(C)N1C(=O)C(c2ccsc2)=C(c2ccsc2)CC1C. The molecule has 1 aliphatic rings. The summed E-state index contributed by atoms with van der Waals surface area (Å²) in [6.45, 7) is 6.33. The summed E-state index contributed by atoms with van der Waals surface area (Å²) in [6, 6.07) is 4.65. The van der Waals surface area contributed by atoms with E-state index in [1.165, 1.54) is 11.1 Å². The van der Waals surface area contributed by atoms with Gasteiger partial charge in [-0.2, -0.15) is 22.7 Å². The summed E-state index contributed by atoms with van der Waals surface area (Å²) in [6.07, 6.45) is 0.922. The van der Waals surface area contributed by atoms with Gasteiger partial charge < -0.3 is 4.90 Å². The molecule has 1 unspecified atom stereocenters. The molecule has 1 atom stereocenters. The van der Waals surface area contributed by atoms with Gasteiger partial charge in [0, 0.05) is 12.1 Å². The Kier molecular flexibility index (Phi) is 4.00. The first-order valence-corrected chi connectivity index (χ1v) is 9.09. The highest BCUT2D eigenvalue weighted by Crippen LogP contribution is 2.39. The maximum atomic E-state index is 13.1. The minimum absolute atomic E-state index is 0.170. The fourth-order valence-corrected chi connectivity index (χ4v) is 4.42. The molecular weight excluding hydrogens is 298 g/mol. The first-order valence-electron chi connectivity index (χ1n) is 7.20. The quantitative estimate of drug-likeness (QED) is 0.800. The smallest absolute Gasteiger partial charge is 0.255 e. The number of carbonyl (C=O) groups excluding carboxylic acids is 1. The summed E-state index contributed by atoms with van der Waals surface area (Å²) >= 11 is 3.33. The van der Waals surface area contributed by atoms with Crippen molar-refractivity contribution in [3.05, 3.63) is 44.8 Å². The Balaban J connectivity index is 2.17. The van der Waals surface area contributed by atoms with Crippen LogP contribution in [0, 0.1) is 0 Å². The zero-order chi connectivity index (χ0) is 15.0. The molecule has 0 bridgehead atoms. The molecule has 0 fully saturated rings. The molecule has 1 aliphatic heterocycles. The van der Waals surface area contributed by atoms with Gasteiger partial charge in [0.1, 0.15) is 0 Å². The molecule has 3 rings (SSSR count). The Labute approximate surface area is 133 Å². The van der Waals surface area contributed by atoms with Crippen LogP contribution >= 0.6 is 22.7 Å². The molecule has 21 heavy (non-hydrogen) atoms. The summed E-state index contributed by atoms with van der Waals surface area (Å²) in [7, 11) is 0. The van der Waals surface area contributed by atoms with E-state index in [1.54, 1.807) is 22.7 Å². The van der Waals surface area contributed by atoms with Gasteiger partial charge in [0.25, 0.3) is 5.91 Å². The van der Waals surface area contributed by atoms with Crippen molar-refractivity contribution in [1.29, 1.82) is 0 Å². The second-order valence-electron chi connectivity index (χ2n) is 5.74. The second kappa shape index (κ2) is 5.78. The predicted molar refractivity (Wildman–Crippen MR) is 91.5 cm³/mol. The van der Waals surface area contributed by atoms with E-state index in [2.05, 4.69) is 49.0 Å². The maximum Gasteiger partial charge on any atom is 0.255 e. The lowest BCUT2D eigenvalue weighted by atomic mass is 9.87. The van der Waals surface area contributed by atoms with Gasteiger partial charge in [0.05, 0.1) is 5.57 Å². The fraction of sp³-hybridized carbons (Fsp3) is 0.353. The Bertz CT molecular complexity index is 653. The normalized spacial score (nSPS) is 19.7. The molecule has 110 valence electrons. The summed E-state index contributed by atoms with van der Waals surface area (Å²) in [4.78, 5) is 15.1. The largest absolute Gasteiger partial charge is 0.333 e. The van der Waals surface area contributed by atoms with Crippen LogP contribution in [-0.2, 0) is 4.79 Å². The highest BCUT2D eigenvalue weighted by Gasteiger charge is 2.34. The summed E-state index contributed by atoms with van der Waals surface area (Å²) < 4.78 is 0. The molecule has 1 amide bonds. The highest BCUT2D eigenvalue weighted by atomic mass is 32.1. The van der Waals surface area contributed by atoms with Crippen LogP contribution in [0.3, 0.4) is 0 Å². The molecule has 0 spiro atoms. The van der Waals surface area contributed by atoms with E-state index in [0.29, 0.717) is 0 Å². The van der Waals surface area contributed by atoms with E-state index in [4.69, 9.17) is 0 Å². The van der Waals surface area contributed by atoms with Crippen molar-refractivity contribution in [3.63, 3.8) is 0 Å². The van der Waals surface area contributed by atoms with Crippen molar-refractivity contribution in [2.75, 3.05) is 0 Å². The molecule has 0 aromatic carbocycles. The lowest BCUT2D eigenvalue weighted by Gasteiger charge is -2.38. The van der Waals surface area contributed by atoms with Crippen molar-refractivity contribution in [1.82, 2.24) is 4.90 Å². The maximum absolute atomic E-state index is 13.1. The number of carbonyl (C=O) groups is 1. The van der Waals surface area contributed by atoms with Crippen LogP contribution in [0.15, 0.2) is 33.7 Å². The van der Waals surface area contributed by atoms with Crippen LogP contribution < -0.4 is 0 Å². The van der Waals surface area contributed by atoms with Crippen LogP contribution in [0.2, 0.25) is 0 Å². The molecule has 0 radical (unpaired) electrons. The van der Waals surface area contributed by atoms with Gasteiger partial charge in [-0.05, 0) is 77.5 Å². The Morgan fingerprint density at radius 1 is 1.14 bits per heavy atom. The molecule has 0 saturated heterocycles. The van der Waals surface area contributed by atoms with Gasteiger partial charge in [-0.25, -0.2) is 0 Å². The van der Waals surface area contributed by atoms with Gasteiger partial charge in [-0.15, -0.1) is 0 Å². The van der Waals surface area contributed by atoms with Crippen LogP contribution in [0.5, 0.6) is 0 Å². The molecule has 0 N–H and O–H groups in total. The van der Waals surface area contributed by atoms with Crippen LogP contribution in [-0.4, -0.2) is 22.9 Å². The highest BCUT2D eigenvalue weighted by molar-refractivity contribution is 7.08. The topological polar surface area (TPSA) is 20.3 Å². The van der Waals surface area contributed by atoms with E-state index in [9.17, 15) is 4.79 Å². The molecule has 3 heterocycles. The fourth-order valence-electron chi connectivity index (χ4n) is 3.10. The first kappa shape index (κ1) is 14.5. The van der Waals surface area contributed by atoms with Gasteiger partial charge in [0.15, 0.2) is 0 Å². The number of rotatable bonds is 3. The van der Waals surface area contributed by atoms with Gasteiger partial charge >= 0.3 is 0 Å². The van der Waals surface area contributed by atoms with E-state index >= 15 is 0 Å². The summed E-state index contributed by atoms with van der Waals surface area (Å²) in [5, 5.41) is 8.34. The minimum Gasteiger partial charge on any atom is -0.333 e. The summed E-state index contributed by atoms with van der Waals surface area (Å²) in [5.41, 5.74) is 4.35. The van der Waals surface area contributed by atoms with Crippen molar-refractivity contribution in [2.24, 2.45) is 0 Å². The van der Waals surface area contributed by atoms with Crippen molar-refractivity contribution in [3.8, 4) is 0 Å². The van der Waals surface area contributed by atoms with E-state index in [-0.39, 0.29) is 18.0 Å². The average Bonchev–Trinajstić information content (AvgIpc) is 3.11. The molecule has 4 heteroatoms. The zero-order valence-corrected chi connectivity index (χ0v) is 14.1. The van der Waals surface area contributed by atoms with Crippen molar-refractivity contribution < 1.29 is 4.79 Å². The van der Waals surface area contributed by atoms with E-state index < -0.39 is 0 Å². The standard InChI is InChI=1S/C17H19NOS2/c1-11(2)18-12(3)8-15(13-4-6-20-9-13)16(17(18)19)14-5-7-21-10-14/h4-7,9-12H,8H2,1-3H3. The molecule has 2 aromatic heterocycles. The van der Waals surface area contributed by atoms with Crippen LogP contribution in [0.1, 0.15) is 38.3 Å². The predicted octanol–water partition coefficient (Wildman–Crippen LogP) is 4.75. The number of amides is 1. The van der Waals surface area contributed by atoms with E-state index in [1.807, 2.05) is 10.3 Å². The summed E-state index contributed by atoms with van der Waals surface area (Å²) in [5.74, 6) is 0.170. The number of hydrogen-bond acceptors (Lipinski definition) is 3. The van der Waals surface area contributed by atoms with Gasteiger partial charge in [-0.3, -0.25) is 4.79 Å². The zero-order valence-electron chi connectivity index (χ0n) is 12.5. The third-order valence-electron chi connectivity index (χ3n) is 3.96. The molecule has 2 aromatic rings. The van der Waals surface area contributed by atoms with Crippen molar-refractivity contribution >= 4 is 39.7 Å². The van der Waals surface area contributed by atoms with Crippen LogP contribution in [0.4, 0.5) is 0 Å². The number of nitrogens with zero attached hydrogens (tertiary/aromatic N) is 1. The number of hydrogen-bond donors (Lipinski definition) is 0. The molecule has 2 nitrogen and oxygen atoms in total. The molecular formula is C17H19NOS2. The second-order valence-corrected chi connectivity index (χ2v) is 7.30. The monoisotopic (exact) mass is 317 g/mol. The lowest BCUT2D eigenvalue weighted by molar-refractivity contribution is -0.129. The van der Waals surface area contributed by atoms with Gasteiger partial charge in [0.2, 0.25) is 0 Å². The molecule has 0 aliphatic carbocycles. The Hall–Kier alpha value is -1.39.